The topological polar surface area (TPSA) is 20.2 Å². The van der Waals surface area contributed by atoms with Crippen molar-refractivity contribution in [2.45, 2.75) is 11.8 Å². The molecule has 0 heterocycles. The van der Waals surface area contributed by atoms with Crippen LogP contribution >= 0.6 is 27.7 Å². The number of phenolic OH excluding ortho intramolecular Hbond substituents is 1. The highest BCUT2D eigenvalue weighted by atomic mass is 79.9. The largest absolute Gasteiger partial charge is 0.507 e. The molecule has 0 aliphatic rings. The predicted molar refractivity (Wildman–Crippen MR) is 52.2 cm³/mol. The molecule has 0 radical (unpaired) electrons. The average molecular weight is 233 g/mol. The number of aromatic hydroxyl groups is 1. The fraction of sp³-hybridized carbons (Fsp3) is 0.250. The summed E-state index contributed by atoms with van der Waals surface area (Å²) in [5.74, 6) is 1.34. The second kappa shape index (κ2) is 4.02. The minimum Gasteiger partial charge on any atom is -0.507 e. The van der Waals surface area contributed by atoms with Crippen LogP contribution in [0.2, 0.25) is 0 Å². The predicted octanol–water partition coefficient (Wildman–Crippen LogP) is 3.27. The summed E-state index contributed by atoms with van der Waals surface area (Å²) in [6, 6.07) is 5.60. The van der Waals surface area contributed by atoms with Crippen molar-refractivity contribution in [2.24, 2.45) is 0 Å². The molecule has 1 nitrogen and oxygen atoms in total. The Kier molecular flexibility index (Phi) is 3.27. The van der Waals surface area contributed by atoms with E-state index in [2.05, 4.69) is 22.9 Å². The van der Waals surface area contributed by atoms with Crippen LogP contribution in [-0.4, -0.2) is 10.9 Å². The Labute approximate surface area is 78.9 Å². The zero-order chi connectivity index (χ0) is 8.27. The zero-order valence-corrected chi connectivity index (χ0v) is 8.58. The number of phenols is 1. The molecule has 60 valence electrons. The van der Waals surface area contributed by atoms with E-state index in [0.717, 1.165) is 15.1 Å². The monoisotopic (exact) mass is 232 g/mol. The molecule has 0 bridgehead atoms. The molecule has 0 aliphatic heterocycles. The SMILES string of the molecule is CCSc1ccc(Br)c(O)c1. The summed E-state index contributed by atoms with van der Waals surface area (Å²) in [4.78, 5) is 1.10. The first kappa shape index (κ1) is 8.94. The van der Waals surface area contributed by atoms with Crippen LogP contribution in [0.15, 0.2) is 27.6 Å². The van der Waals surface area contributed by atoms with Gasteiger partial charge in [-0.15, -0.1) is 11.8 Å². The van der Waals surface area contributed by atoms with E-state index in [0.29, 0.717) is 5.75 Å². The molecule has 11 heavy (non-hydrogen) atoms. The standard InChI is InChI=1S/C8H9BrOS/c1-2-11-6-3-4-7(9)8(10)5-6/h3-5,10H,2H2,1H3. The summed E-state index contributed by atoms with van der Waals surface area (Å²) < 4.78 is 0.748. The van der Waals surface area contributed by atoms with Crippen molar-refractivity contribution >= 4 is 27.7 Å². The number of benzene rings is 1. The van der Waals surface area contributed by atoms with Crippen LogP contribution in [0.3, 0.4) is 0 Å². The summed E-state index contributed by atoms with van der Waals surface area (Å²) in [6.45, 7) is 2.09. The Morgan fingerprint density at radius 1 is 1.55 bits per heavy atom. The Balaban J connectivity index is 2.86. The van der Waals surface area contributed by atoms with Gasteiger partial charge in [-0.25, -0.2) is 0 Å². The summed E-state index contributed by atoms with van der Waals surface area (Å²) in [7, 11) is 0. The molecule has 1 aromatic rings. The molecule has 0 spiro atoms. The van der Waals surface area contributed by atoms with Crippen LogP contribution in [0.5, 0.6) is 5.75 Å². The van der Waals surface area contributed by atoms with Crippen molar-refractivity contribution in [3.05, 3.63) is 22.7 Å². The van der Waals surface area contributed by atoms with Gasteiger partial charge in [-0.05, 0) is 39.9 Å². The maximum atomic E-state index is 9.27. The number of hydrogen-bond donors (Lipinski definition) is 1. The first-order valence-corrected chi connectivity index (χ1v) is 5.13. The van der Waals surface area contributed by atoms with E-state index in [4.69, 9.17) is 0 Å². The van der Waals surface area contributed by atoms with Gasteiger partial charge in [0.25, 0.3) is 0 Å². The quantitative estimate of drug-likeness (QED) is 0.791. The van der Waals surface area contributed by atoms with E-state index in [9.17, 15) is 5.11 Å². The maximum absolute atomic E-state index is 9.27. The van der Waals surface area contributed by atoms with Gasteiger partial charge >= 0.3 is 0 Å². The summed E-state index contributed by atoms with van der Waals surface area (Å²) >= 11 is 4.94. The van der Waals surface area contributed by atoms with Crippen molar-refractivity contribution in [1.82, 2.24) is 0 Å². The van der Waals surface area contributed by atoms with Gasteiger partial charge in [0.2, 0.25) is 0 Å². The lowest BCUT2D eigenvalue weighted by Gasteiger charge is -2.00. The summed E-state index contributed by atoms with van der Waals surface area (Å²) in [5, 5.41) is 9.27. The molecule has 1 aromatic carbocycles. The van der Waals surface area contributed by atoms with Crippen molar-refractivity contribution in [3.8, 4) is 5.75 Å². The summed E-state index contributed by atoms with van der Waals surface area (Å²) in [5.41, 5.74) is 0. The third kappa shape index (κ3) is 2.42. The van der Waals surface area contributed by atoms with Gasteiger partial charge in [0.15, 0.2) is 0 Å². The molecule has 1 N–H and O–H groups in total. The van der Waals surface area contributed by atoms with Crippen LogP contribution in [0.4, 0.5) is 0 Å². The number of halogens is 1. The van der Waals surface area contributed by atoms with Crippen molar-refractivity contribution in [2.75, 3.05) is 5.75 Å². The molecule has 0 atom stereocenters. The second-order valence-electron chi connectivity index (χ2n) is 2.05. The first-order valence-electron chi connectivity index (χ1n) is 3.35. The Morgan fingerprint density at radius 3 is 2.82 bits per heavy atom. The van der Waals surface area contributed by atoms with Gasteiger partial charge in [-0.3, -0.25) is 0 Å². The van der Waals surface area contributed by atoms with Crippen molar-refractivity contribution < 1.29 is 5.11 Å². The van der Waals surface area contributed by atoms with Gasteiger partial charge in [0, 0.05) is 4.90 Å². The van der Waals surface area contributed by atoms with Crippen LogP contribution < -0.4 is 0 Å². The number of thioether (sulfide) groups is 1. The van der Waals surface area contributed by atoms with E-state index < -0.39 is 0 Å². The molecular weight excluding hydrogens is 224 g/mol. The van der Waals surface area contributed by atoms with Gasteiger partial charge < -0.3 is 5.11 Å². The third-order valence-electron chi connectivity index (χ3n) is 1.23. The molecule has 1 rings (SSSR count). The fourth-order valence-electron chi connectivity index (χ4n) is 0.749. The maximum Gasteiger partial charge on any atom is 0.130 e. The normalized spacial score (nSPS) is 10.0. The molecule has 0 aromatic heterocycles. The highest BCUT2D eigenvalue weighted by molar-refractivity contribution is 9.10. The molecule has 0 amide bonds. The summed E-state index contributed by atoms with van der Waals surface area (Å²) in [6.07, 6.45) is 0. The van der Waals surface area contributed by atoms with Crippen LogP contribution in [-0.2, 0) is 0 Å². The van der Waals surface area contributed by atoms with Crippen molar-refractivity contribution in [1.29, 1.82) is 0 Å². The van der Waals surface area contributed by atoms with Crippen LogP contribution in [0.25, 0.3) is 0 Å². The fourth-order valence-corrected chi connectivity index (χ4v) is 1.69. The van der Waals surface area contributed by atoms with Gasteiger partial charge in [-0.2, -0.15) is 0 Å². The van der Waals surface area contributed by atoms with E-state index in [1.807, 2.05) is 12.1 Å². The number of hydrogen-bond acceptors (Lipinski definition) is 2. The molecule has 0 saturated heterocycles. The molecule has 3 heteroatoms. The lowest BCUT2D eigenvalue weighted by atomic mass is 10.3. The van der Waals surface area contributed by atoms with E-state index >= 15 is 0 Å². The second-order valence-corrected chi connectivity index (χ2v) is 4.24. The highest BCUT2D eigenvalue weighted by Crippen LogP contribution is 2.28. The molecule has 0 fully saturated rings. The number of rotatable bonds is 2. The smallest absolute Gasteiger partial charge is 0.130 e. The van der Waals surface area contributed by atoms with Crippen LogP contribution in [0, 0.1) is 0 Å². The highest BCUT2D eigenvalue weighted by Gasteiger charge is 1.98. The molecule has 0 aliphatic carbocycles. The van der Waals surface area contributed by atoms with Crippen molar-refractivity contribution in [3.63, 3.8) is 0 Å². The van der Waals surface area contributed by atoms with Gasteiger partial charge in [0.1, 0.15) is 5.75 Å². The lowest BCUT2D eigenvalue weighted by molar-refractivity contribution is 0.470. The lowest BCUT2D eigenvalue weighted by Crippen LogP contribution is -1.73. The molecular formula is C8H9BrOS. The Morgan fingerprint density at radius 2 is 2.27 bits per heavy atom. The van der Waals surface area contributed by atoms with E-state index in [1.54, 1.807) is 17.8 Å². The Bertz CT molecular complexity index is 250. The van der Waals surface area contributed by atoms with E-state index in [-0.39, 0.29) is 0 Å². The van der Waals surface area contributed by atoms with Crippen LogP contribution in [0.1, 0.15) is 6.92 Å². The minimum atomic E-state index is 0.309. The van der Waals surface area contributed by atoms with Gasteiger partial charge in [-0.1, -0.05) is 6.92 Å². The van der Waals surface area contributed by atoms with E-state index in [1.165, 1.54) is 0 Å². The third-order valence-corrected chi connectivity index (χ3v) is 2.78. The first-order chi connectivity index (χ1) is 5.24. The zero-order valence-electron chi connectivity index (χ0n) is 6.17. The Hall–Kier alpha value is -0.150. The van der Waals surface area contributed by atoms with Gasteiger partial charge in [0.05, 0.1) is 4.47 Å². The average Bonchev–Trinajstić information content (AvgIpc) is 1.98. The molecule has 0 saturated carbocycles. The molecule has 0 unspecified atom stereocenters. The minimum absolute atomic E-state index is 0.309.